The summed E-state index contributed by atoms with van der Waals surface area (Å²) in [5, 5.41) is 4.64. The molecule has 0 amide bonds. The lowest BCUT2D eigenvalue weighted by molar-refractivity contribution is 0.241. The van der Waals surface area contributed by atoms with Crippen LogP contribution in [0.2, 0.25) is 0 Å². The van der Waals surface area contributed by atoms with Crippen molar-refractivity contribution in [3.63, 3.8) is 0 Å². The number of rotatable bonds is 5. The monoisotopic (exact) mass is 289 g/mol. The number of aromatic nitrogens is 4. The fraction of sp³-hybridized carbons (Fsp3) is 0.750. The summed E-state index contributed by atoms with van der Waals surface area (Å²) < 4.78 is 4.16. The van der Waals surface area contributed by atoms with Crippen LogP contribution in [0.15, 0.2) is 0 Å². The molecule has 0 saturated heterocycles. The van der Waals surface area contributed by atoms with E-state index in [1.807, 2.05) is 11.7 Å². The second-order valence-electron chi connectivity index (χ2n) is 6.61. The average Bonchev–Trinajstić information content (AvgIpc) is 3.12. The first-order valence-electron chi connectivity index (χ1n) is 8.28. The summed E-state index contributed by atoms with van der Waals surface area (Å²) in [6.45, 7) is 5.46. The summed E-state index contributed by atoms with van der Waals surface area (Å²) in [5.74, 6) is 0.648. The molecule has 1 aliphatic rings. The highest BCUT2D eigenvalue weighted by molar-refractivity contribution is 5.77. The predicted molar refractivity (Wildman–Crippen MR) is 86.1 cm³/mol. The van der Waals surface area contributed by atoms with Crippen LogP contribution in [0.4, 0.5) is 5.95 Å². The molecule has 0 aliphatic heterocycles. The Bertz CT molecular complexity index is 631. The highest BCUT2D eigenvalue weighted by Gasteiger charge is 2.34. The van der Waals surface area contributed by atoms with Gasteiger partial charge in [0, 0.05) is 13.6 Å². The Morgan fingerprint density at radius 2 is 1.95 bits per heavy atom. The number of imidazole rings is 1. The maximum atomic E-state index is 6.23. The summed E-state index contributed by atoms with van der Waals surface area (Å²) >= 11 is 0. The van der Waals surface area contributed by atoms with Crippen LogP contribution in [-0.2, 0) is 20.0 Å². The molecule has 2 aromatic heterocycles. The van der Waals surface area contributed by atoms with E-state index in [0.29, 0.717) is 11.4 Å². The molecule has 2 N–H and O–H groups in total. The first-order valence-corrected chi connectivity index (χ1v) is 8.28. The molecule has 2 heterocycles. The molecule has 0 spiro atoms. The molecule has 21 heavy (non-hydrogen) atoms. The molecule has 5 nitrogen and oxygen atoms in total. The Labute approximate surface area is 126 Å². The normalized spacial score (nSPS) is 17.9. The molecule has 1 saturated carbocycles. The number of hydrogen-bond donors (Lipinski definition) is 1. The highest BCUT2D eigenvalue weighted by atomic mass is 15.3. The lowest BCUT2D eigenvalue weighted by Gasteiger charge is -2.28. The zero-order chi connectivity index (χ0) is 15.0. The van der Waals surface area contributed by atoms with Crippen molar-refractivity contribution in [2.24, 2.45) is 12.5 Å². The Balaban J connectivity index is 2.04. The molecular formula is C16H27N5. The van der Waals surface area contributed by atoms with Gasteiger partial charge in [0.1, 0.15) is 5.52 Å². The molecule has 0 radical (unpaired) electrons. The standard InChI is InChI=1S/C16H27N5/c1-4-8-12-13-14(20(3)19-12)21(15(17)18-13)11-16(5-2)9-6-7-10-16/h4-11H2,1-3H3,(H2,17,18). The van der Waals surface area contributed by atoms with Gasteiger partial charge in [0.15, 0.2) is 5.65 Å². The second-order valence-corrected chi connectivity index (χ2v) is 6.61. The second kappa shape index (κ2) is 5.35. The first kappa shape index (κ1) is 14.4. The summed E-state index contributed by atoms with van der Waals surface area (Å²) in [6, 6.07) is 0. The fourth-order valence-corrected chi connectivity index (χ4v) is 3.90. The molecule has 0 aromatic carbocycles. The van der Waals surface area contributed by atoms with E-state index >= 15 is 0 Å². The first-order chi connectivity index (χ1) is 10.1. The molecule has 5 heteroatoms. The third-order valence-corrected chi connectivity index (χ3v) is 5.22. The third-order valence-electron chi connectivity index (χ3n) is 5.22. The van der Waals surface area contributed by atoms with Crippen LogP contribution in [0.1, 0.15) is 58.1 Å². The van der Waals surface area contributed by atoms with Gasteiger partial charge in [-0.1, -0.05) is 33.1 Å². The molecule has 0 atom stereocenters. The molecule has 116 valence electrons. The van der Waals surface area contributed by atoms with Gasteiger partial charge in [-0.2, -0.15) is 5.10 Å². The van der Waals surface area contributed by atoms with Gasteiger partial charge in [-0.25, -0.2) is 4.98 Å². The summed E-state index contributed by atoms with van der Waals surface area (Å²) in [5.41, 5.74) is 9.81. The maximum Gasteiger partial charge on any atom is 0.202 e. The van der Waals surface area contributed by atoms with Crippen LogP contribution in [0.5, 0.6) is 0 Å². The highest BCUT2D eigenvalue weighted by Crippen LogP contribution is 2.43. The topological polar surface area (TPSA) is 61.7 Å². The van der Waals surface area contributed by atoms with E-state index in [9.17, 15) is 0 Å². The Morgan fingerprint density at radius 1 is 1.24 bits per heavy atom. The van der Waals surface area contributed by atoms with Gasteiger partial charge in [-0.3, -0.25) is 9.25 Å². The van der Waals surface area contributed by atoms with E-state index in [0.717, 1.165) is 36.2 Å². The minimum absolute atomic E-state index is 0.400. The van der Waals surface area contributed by atoms with Crippen molar-refractivity contribution in [2.75, 3.05) is 5.73 Å². The summed E-state index contributed by atoms with van der Waals surface area (Å²) in [4.78, 5) is 4.62. The number of aryl methyl sites for hydroxylation is 2. The predicted octanol–water partition coefficient (Wildman–Crippen LogP) is 3.27. The Kier molecular flexibility index (Phi) is 3.68. The Morgan fingerprint density at radius 3 is 2.57 bits per heavy atom. The molecule has 2 aromatic rings. The van der Waals surface area contributed by atoms with Crippen LogP contribution in [-0.4, -0.2) is 19.3 Å². The zero-order valence-electron chi connectivity index (χ0n) is 13.5. The Hall–Kier alpha value is -1.52. The summed E-state index contributed by atoms with van der Waals surface area (Å²) in [7, 11) is 2.01. The molecule has 0 bridgehead atoms. The van der Waals surface area contributed by atoms with E-state index < -0.39 is 0 Å². The fourth-order valence-electron chi connectivity index (χ4n) is 3.90. The zero-order valence-corrected chi connectivity index (χ0v) is 13.5. The number of hydrogen-bond acceptors (Lipinski definition) is 3. The minimum Gasteiger partial charge on any atom is -0.369 e. The van der Waals surface area contributed by atoms with Crippen molar-refractivity contribution < 1.29 is 0 Å². The number of fused-ring (bicyclic) bond motifs is 1. The lowest BCUT2D eigenvalue weighted by Crippen LogP contribution is -2.24. The van der Waals surface area contributed by atoms with Gasteiger partial charge in [0.05, 0.1) is 5.69 Å². The largest absolute Gasteiger partial charge is 0.369 e. The van der Waals surface area contributed by atoms with Crippen LogP contribution in [0.3, 0.4) is 0 Å². The SMILES string of the molecule is CCCc1nn(C)c2c1nc(N)n2CC1(CC)CCCC1. The minimum atomic E-state index is 0.400. The van der Waals surface area contributed by atoms with Crippen molar-refractivity contribution in [2.45, 2.75) is 65.3 Å². The molecule has 3 rings (SSSR count). The van der Waals surface area contributed by atoms with Gasteiger partial charge in [-0.15, -0.1) is 0 Å². The molecule has 1 fully saturated rings. The van der Waals surface area contributed by atoms with E-state index in [1.165, 1.54) is 32.1 Å². The summed E-state index contributed by atoms with van der Waals surface area (Å²) in [6.07, 6.45) is 8.57. The van der Waals surface area contributed by atoms with Crippen molar-refractivity contribution in [1.82, 2.24) is 19.3 Å². The van der Waals surface area contributed by atoms with E-state index in [1.54, 1.807) is 0 Å². The van der Waals surface area contributed by atoms with E-state index in [2.05, 4.69) is 28.5 Å². The number of nitrogens with two attached hydrogens (primary N) is 1. The maximum absolute atomic E-state index is 6.23. The van der Waals surface area contributed by atoms with Crippen molar-refractivity contribution >= 4 is 17.1 Å². The number of anilines is 1. The van der Waals surface area contributed by atoms with Crippen LogP contribution in [0, 0.1) is 5.41 Å². The van der Waals surface area contributed by atoms with Gasteiger partial charge < -0.3 is 5.73 Å². The van der Waals surface area contributed by atoms with Gasteiger partial charge in [0.25, 0.3) is 0 Å². The van der Waals surface area contributed by atoms with Gasteiger partial charge in [0.2, 0.25) is 5.95 Å². The average molecular weight is 289 g/mol. The lowest BCUT2D eigenvalue weighted by atomic mass is 9.83. The van der Waals surface area contributed by atoms with Crippen molar-refractivity contribution in [1.29, 1.82) is 0 Å². The van der Waals surface area contributed by atoms with Crippen LogP contribution < -0.4 is 5.73 Å². The smallest absolute Gasteiger partial charge is 0.202 e. The molecule has 1 aliphatic carbocycles. The van der Waals surface area contributed by atoms with Crippen LogP contribution in [0.25, 0.3) is 11.2 Å². The van der Waals surface area contributed by atoms with Crippen LogP contribution >= 0.6 is 0 Å². The number of nitrogens with zero attached hydrogens (tertiary/aromatic N) is 4. The van der Waals surface area contributed by atoms with Gasteiger partial charge >= 0.3 is 0 Å². The number of nitrogen functional groups attached to an aromatic ring is 1. The molecular weight excluding hydrogens is 262 g/mol. The quantitative estimate of drug-likeness (QED) is 0.919. The van der Waals surface area contributed by atoms with Crippen molar-refractivity contribution in [3.05, 3.63) is 5.69 Å². The van der Waals surface area contributed by atoms with E-state index in [-0.39, 0.29) is 0 Å². The third kappa shape index (κ3) is 2.32. The van der Waals surface area contributed by atoms with E-state index in [4.69, 9.17) is 5.73 Å². The molecule has 0 unspecified atom stereocenters. The van der Waals surface area contributed by atoms with Crippen molar-refractivity contribution in [3.8, 4) is 0 Å². The van der Waals surface area contributed by atoms with Gasteiger partial charge in [-0.05, 0) is 31.1 Å².